The molecule has 5 N–H and O–H groups in total. The summed E-state index contributed by atoms with van der Waals surface area (Å²) in [6.07, 6.45) is 36.5. The summed E-state index contributed by atoms with van der Waals surface area (Å²) in [5.41, 5.74) is 5.35. The van der Waals surface area contributed by atoms with Crippen LogP contribution in [0.4, 0.5) is 0 Å². The summed E-state index contributed by atoms with van der Waals surface area (Å²) in [7, 11) is -4.33. The molecule has 0 saturated heterocycles. The summed E-state index contributed by atoms with van der Waals surface area (Å²) in [4.78, 5) is 22.5. The standard InChI is InChI=1S/C37H73N2O6P/c1-3-5-7-9-11-13-15-17-18-19-20-22-24-26-28-30-36(40)35(34-45-46(42,43)44-33-32-38)39-37(41)31-29-27-25-23-21-16-14-12-10-8-6-4-2/h20,22,28,30,35-36,40H,3-19,21,23-27,29,31-34,38H2,1-2H3,(H,39,41)(H,42,43)/b22-20+,30-28+. The fourth-order valence-corrected chi connectivity index (χ4v) is 6.14. The molecular formula is C37H73N2O6P. The number of phosphoric ester groups is 1. The summed E-state index contributed by atoms with van der Waals surface area (Å²) < 4.78 is 22.0. The Labute approximate surface area is 283 Å². The van der Waals surface area contributed by atoms with Gasteiger partial charge in [0, 0.05) is 13.0 Å². The highest BCUT2D eigenvalue weighted by atomic mass is 31.2. The number of nitrogens with one attached hydrogen (secondary N) is 1. The molecule has 0 aromatic heterocycles. The van der Waals surface area contributed by atoms with Gasteiger partial charge in [0.2, 0.25) is 5.91 Å². The number of hydrogen-bond acceptors (Lipinski definition) is 6. The molecule has 0 rings (SSSR count). The first kappa shape index (κ1) is 45.0. The lowest BCUT2D eigenvalue weighted by Crippen LogP contribution is -2.45. The van der Waals surface area contributed by atoms with Gasteiger partial charge in [-0.2, -0.15) is 0 Å². The lowest BCUT2D eigenvalue weighted by Gasteiger charge is -2.23. The number of aliphatic hydroxyl groups excluding tert-OH is 1. The highest BCUT2D eigenvalue weighted by molar-refractivity contribution is 7.47. The summed E-state index contributed by atoms with van der Waals surface area (Å²) in [6, 6.07) is -0.870. The van der Waals surface area contributed by atoms with Crippen LogP contribution in [0.5, 0.6) is 0 Å². The van der Waals surface area contributed by atoms with E-state index in [9.17, 15) is 19.4 Å². The van der Waals surface area contributed by atoms with Gasteiger partial charge in [0.15, 0.2) is 0 Å². The number of allylic oxidation sites excluding steroid dienone is 3. The monoisotopic (exact) mass is 673 g/mol. The van der Waals surface area contributed by atoms with Crippen molar-refractivity contribution in [2.75, 3.05) is 19.8 Å². The lowest BCUT2D eigenvalue weighted by atomic mass is 10.0. The topological polar surface area (TPSA) is 131 Å². The Balaban J connectivity index is 4.37. The lowest BCUT2D eigenvalue weighted by molar-refractivity contribution is -0.123. The third kappa shape index (κ3) is 31.6. The molecule has 0 heterocycles. The van der Waals surface area contributed by atoms with Crippen molar-refractivity contribution in [1.82, 2.24) is 5.32 Å². The van der Waals surface area contributed by atoms with Crippen molar-refractivity contribution >= 4 is 13.7 Å². The highest BCUT2D eigenvalue weighted by Gasteiger charge is 2.26. The molecule has 0 spiro atoms. The summed E-state index contributed by atoms with van der Waals surface area (Å²) in [5, 5.41) is 13.6. The highest BCUT2D eigenvalue weighted by Crippen LogP contribution is 2.43. The normalized spacial score (nSPS) is 14.6. The van der Waals surface area contributed by atoms with Crippen molar-refractivity contribution < 1.29 is 28.4 Å². The van der Waals surface area contributed by atoms with Crippen LogP contribution in [0.2, 0.25) is 0 Å². The van der Waals surface area contributed by atoms with Crippen LogP contribution in [0.3, 0.4) is 0 Å². The van der Waals surface area contributed by atoms with E-state index < -0.39 is 20.0 Å². The summed E-state index contributed by atoms with van der Waals surface area (Å²) >= 11 is 0. The fraction of sp³-hybridized carbons (Fsp3) is 0.865. The number of aliphatic hydroxyl groups is 1. The Kier molecular flexibility index (Phi) is 33.1. The maximum absolute atomic E-state index is 12.7. The van der Waals surface area contributed by atoms with Gasteiger partial charge in [-0.1, -0.05) is 160 Å². The van der Waals surface area contributed by atoms with Gasteiger partial charge in [-0.15, -0.1) is 0 Å². The summed E-state index contributed by atoms with van der Waals surface area (Å²) in [5.74, 6) is -0.205. The molecule has 9 heteroatoms. The molecule has 0 aromatic carbocycles. The number of carbonyl (C=O) groups excluding carboxylic acids is 1. The van der Waals surface area contributed by atoms with Crippen LogP contribution in [0, 0.1) is 0 Å². The quantitative estimate of drug-likeness (QED) is 0.0299. The zero-order valence-corrected chi connectivity index (χ0v) is 30.7. The maximum Gasteiger partial charge on any atom is 0.472 e. The van der Waals surface area contributed by atoms with Crippen LogP contribution < -0.4 is 11.1 Å². The predicted octanol–water partition coefficient (Wildman–Crippen LogP) is 9.83. The van der Waals surface area contributed by atoms with Crippen molar-refractivity contribution in [2.24, 2.45) is 5.73 Å². The second kappa shape index (κ2) is 33.9. The Morgan fingerprint density at radius 3 is 1.67 bits per heavy atom. The third-order valence-electron chi connectivity index (χ3n) is 8.28. The van der Waals surface area contributed by atoms with Crippen molar-refractivity contribution in [3.63, 3.8) is 0 Å². The first-order valence-corrected chi connectivity index (χ1v) is 20.5. The molecule has 0 aliphatic heterocycles. The van der Waals surface area contributed by atoms with Crippen molar-refractivity contribution in [3.05, 3.63) is 24.3 Å². The largest absolute Gasteiger partial charge is 0.472 e. The van der Waals surface area contributed by atoms with E-state index >= 15 is 0 Å². The number of nitrogens with two attached hydrogens (primary N) is 1. The fourth-order valence-electron chi connectivity index (χ4n) is 5.38. The van der Waals surface area contributed by atoms with Crippen molar-refractivity contribution in [2.45, 2.75) is 187 Å². The molecule has 8 nitrogen and oxygen atoms in total. The first-order chi connectivity index (χ1) is 22.4. The number of rotatable bonds is 35. The smallest absolute Gasteiger partial charge is 0.387 e. The molecule has 0 aliphatic rings. The molecule has 0 aromatic rings. The van der Waals surface area contributed by atoms with Crippen LogP contribution in [-0.2, 0) is 18.4 Å². The Morgan fingerprint density at radius 1 is 0.696 bits per heavy atom. The number of phosphoric acid groups is 1. The van der Waals surface area contributed by atoms with Gasteiger partial charge in [-0.05, 0) is 32.1 Å². The molecule has 272 valence electrons. The molecule has 0 bridgehead atoms. The summed E-state index contributed by atoms with van der Waals surface area (Å²) in [6.45, 7) is 4.09. The second-order valence-electron chi connectivity index (χ2n) is 12.8. The SMILES string of the molecule is CCCCCCCCCCC/C=C/CC/C=C/C(O)C(COP(=O)(O)OCCN)NC(=O)CCCCCCCCCCCCCC. The Morgan fingerprint density at radius 2 is 1.15 bits per heavy atom. The molecule has 3 atom stereocenters. The van der Waals surface area contributed by atoms with Gasteiger partial charge in [-0.25, -0.2) is 4.57 Å². The predicted molar refractivity (Wildman–Crippen MR) is 194 cm³/mol. The molecule has 0 radical (unpaired) electrons. The van der Waals surface area contributed by atoms with Gasteiger partial charge >= 0.3 is 7.82 Å². The minimum Gasteiger partial charge on any atom is -0.387 e. The first-order valence-electron chi connectivity index (χ1n) is 19.0. The molecule has 0 aliphatic carbocycles. The van der Waals surface area contributed by atoms with E-state index in [1.165, 1.54) is 116 Å². The Bertz CT molecular complexity index is 779. The Hall–Kier alpha value is -1.02. The van der Waals surface area contributed by atoms with E-state index in [2.05, 4.69) is 31.3 Å². The van der Waals surface area contributed by atoms with E-state index in [1.807, 2.05) is 6.08 Å². The average molecular weight is 673 g/mol. The van der Waals surface area contributed by atoms with E-state index in [0.29, 0.717) is 6.42 Å². The van der Waals surface area contributed by atoms with E-state index in [1.54, 1.807) is 6.08 Å². The third-order valence-corrected chi connectivity index (χ3v) is 9.26. The minimum atomic E-state index is -4.33. The number of unbranched alkanes of at least 4 members (excludes halogenated alkanes) is 21. The van der Waals surface area contributed by atoms with Gasteiger partial charge in [0.1, 0.15) is 0 Å². The molecule has 3 unspecified atom stereocenters. The van der Waals surface area contributed by atoms with Crippen LogP contribution in [0.15, 0.2) is 24.3 Å². The maximum atomic E-state index is 12.7. The average Bonchev–Trinajstić information content (AvgIpc) is 3.04. The molecule has 0 saturated carbocycles. The van der Waals surface area contributed by atoms with Crippen LogP contribution in [0.25, 0.3) is 0 Å². The van der Waals surface area contributed by atoms with Crippen LogP contribution in [-0.4, -0.2) is 47.8 Å². The molecule has 1 amide bonds. The number of hydrogen-bond donors (Lipinski definition) is 4. The van der Waals surface area contributed by atoms with E-state index in [4.69, 9.17) is 14.8 Å². The van der Waals surface area contributed by atoms with E-state index in [0.717, 1.165) is 38.5 Å². The second-order valence-corrected chi connectivity index (χ2v) is 14.2. The van der Waals surface area contributed by atoms with Gasteiger partial charge in [-0.3, -0.25) is 13.8 Å². The van der Waals surface area contributed by atoms with Gasteiger partial charge in [0.25, 0.3) is 0 Å². The molecular weight excluding hydrogens is 599 g/mol. The number of amides is 1. The molecule has 0 fully saturated rings. The van der Waals surface area contributed by atoms with E-state index in [-0.39, 0.29) is 25.7 Å². The zero-order chi connectivity index (χ0) is 34.0. The zero-order valence-electron chi connectivity index (χ0n) is 29.8. The van der Waals surface area contributed by atoms with Crippen molar-refractivity contribution in [1.29, 1.82) is 0 Å². The van der Waals surface area contributed by atoms with Crippen molar-refractivity contribution in [3.8, 4) is 0 Å². The van der Waals surface area contributed by atoms with Gasteiger partial charge in [0.05, 0.1) is 25.4 Å². The number of carbonyl (C=O) groups is 1. The van der Waals surface area contributed by atoms with Crippen LogP contribution >= 0.6 is 7.82 Å². The van der Waals surface area contributed by atoms with Gasteiger partial charge < -0.3 is 21.1 Å². The minimum absolute atomic E-state index is 0.0755. The molecule has 46 heavy (non-hydrogen) atoms. The van der Waals surface area contributed by atoms with Crippen LogP contribution in [0.1, 0.15) is 174 Å².